The van der Waals surface area contributed by atoms with Gasteiger partial charge in [0.25, 0.3) is 16.8 Å². The normalized spacial score (nSPS) is 14.4. The van der Waals surface area contributed by atoms with E-state index in [1.54, 1.807) is 36.4 Å². The second-order valence-corrected chi connectivity index (χ2v) is 9.39. The number of carbonyl (C=O) groups excluding carboxylic acids is 2. The Balaban J connectivity index is 1.36. The maximum atomic E-state index is 13.0. The Morgan fingerprint density at radius 2 is 1.83 bits per heavy atom. The summed E-state index contributed by atoms with van der Waals surface area (Å²) >= 11 is 4.27. The molecular weight excluding hydrogens is 555 g/mol. The fraction of sp³-hybridized carbons (Fsp3) is 0.120. The van der Waals surface area contributed by atoms with E-state index in [1.807, 2.05) is 0 Å². The summed E-state index contributed by atoms with van der Waals surface area (Å²) < 4.78 is 24.8. The molecule has 0 spiro atoms. The lowest BCUT2D eigenvalue weighted by Crippen LogP contribution is -2.32. The van der Waals surface area contributed by atoms with Crippen molar-refractivity contribution in [3.63, 3.8) is 0 Å². The molecular formula is C25H18BrFN2O6S. The van der Waals surface area contributed by atoms with Gasteiger partial charge in [-0.25, -0.2) is 4.39 Å². The number of ether oxygens (including phenoxy) is 2. The number of thioether (sulfide) groups is 1. The van der Waals surface area contributed by atoms with Crippen molar-refractivity contribution in [2.45, 2.75) is 6.61 Å². The first-order valence-corrected chi connectivity index (χ1v) is 12.2. The fourth-order valence-electron chi connectivity index (χ4n) is 3.27. The van der Waals surface area contributed by atoms with Crippen LogP contribution in [0.3, 0.4) is 0 Å². The molecule has 0 atom stereocenters. The minimum absolute atomic E-state index is 0.0125. The average Bonchev–Trinajstić information content (AvgIpc) is 3.12. The first-order valence-electron chi connectivity index (χ1n) is 10.6. The number of nitrogens with zero attached hydrogens (tertiary/aromatic N) is 2. The molecule has 3 aromatic rings. The topological polar surface area (TPSA) is 99.0 Å². The Kier molecular flexibility index (Phi) is 8.01. The predicted octanol–water partition coefficient (Wildman–Crippen LogP) is 6.19. The molecule has 0 radical (unpaired) electrons. The number of nitro groups is 1. The van der Waals surface area contributed by atoms with Gasteiger partial charge in [0.2, 0.25) is 0 Å². The number of hydrogen-bond acceptors (Lipinski definition) is 7. The quantitative estimate of drug-likeness (QED) is 0.171. The molecule has 2 amide bonds. The number of nitro benzene ring substituents is 1. The smallest absolute Gasteiger partial charge is 0.293 e. The number of non-ortho nitro benzene ring substituents is 1. The monoisotopic (exact) mass is 572 g/mol. The van der Waals surface area contributed by atoms with Crippen molar-refractivity contribution in [3.05, 3.63) is 103 Å². The molecule has 1 heterocycles. The maximum Gasteiger partial charge on any atom is 0.293 e. The molecule has 1 aliphatic rings. The molecule has 1 fully saturated rings. The molecule has 3 aromatic carbocycles. The van der Waals surface area contributed by atoms with Crippen LogP contribution in [0.2, 0.25) is 0 Å². The zero-order valence-corrected chi connectivity index (χ0v) is 21.0. The van der Waals surface area contributed by atoms with Crippen molar-refractivity contribution in [2.75, 3.05) is 13.2 Å². The van der Waals surface area contributed by atoms with Crippen LogP contribution in [-0.2, 0) is 11.4 Å². The number of imide groups is 1. The largest absolute Gasteiger partial charge is 0.492 e. The lowest BCUT2D eigenvalue weighted by atomic mass is 10.2. The van der Waals surface area contributed by atoms with Crippen LogP contribution in [0.5, 0.6) is 11.5 Å². The van der Waals surface area contributed by atoms with Crippen molar-refractivity contribution < 1.29 is 28.4 Å². The molecule has 0 N–H and O–H groups in total. The van der Waals surface area contributed by atoms with E-state index in [9.17, 15) is 24.1 Å². The number of hydrogen-bond donors (Lipinski definition) is 0. The highest BCUT2D eigenvalue weighted by Gasteiger charge is 2.34. The van der Waals surface area contributed by atoms with E-state index < -0.39 is 16.1 Å². The van der Waals surface area contributed by atoms with E-state index in [4.69, 9.17) is 9.47 Å². The minimum Gasteiger partial charge on any atom is -0.492 e. The lowest BCUT2D eigenvalue weighted by molar-refractivity contribution is -0.384. The SMILES string of the molecule is O=C1S/C(=C\c2ccc(OCc3cccc([N+](=O)[O-])c3)c(Br)c2)C(=O)N1CCOc1ccc(F)cc1. The second kappa shape index (κ2) is 11.4. The molecule has 0 aliphatic carbocycles. The first kappa shape index (κ1) is 25.4. The summed E-state index contributed by atoms with van der Waals surface area (Å²) in [7, 11) is 0. The molecule has 1 saturated heterocycles. The van der Waals surface area contributed by atoms with Gasteiger partial charge < -0.3 is 9.47 Å². The van der Waals surface area contributed by atoms with Crippen LogP contribution in [0.1, 0.15) is 11.1 Å². The molecule has 8 nitrogen and oxygen atoms in total. The van der Waals surface area contributed by atoms with Gasteiger partial charge in [-0.2, -0.15) is 0 Å². The molecule has 36 heavy (non-hydrogen) atoms. The summed E-state index contributed by atoms with van der Waals surface area (Å²) in [6, 6.07) is 16.8. The number of rotatable bonds is 9. The van der Waals surface area contributed by atoms with Gasteiger partial charge in [0, 0.05) is 12.1 Å². The zero-order valence-electron chi connectivity index (χ0n) is 18.6. The van der Waals surface area contributed by atoms with E-state index in [1.165, 1.54) is 36.4 Å². The molecule has 1 aliphatic heterocycles. The summed E-state index contributed by atoms with van der Waals surface area (Å²) in [5.74, 6) is 0.156. The van der Waals surface area contributed by atoms with Crippen LogP contribution < -0.4 is 9.47 Å². The lowest BCUT2D eigenvalue weighted by Gasteiger charge is -2.13. The Morgan fingerprint density at radius 3 is 2.56 bits per heavy atom. The molecule has 0 bridgehead atoms. The number of benzene rings is 3. The summed E-state index contributed by atoms with van der Waals surface area (Å²) in [6.07, 6.45) is 1.61. The molecule has 184 valence electrons. The Bertz CT molecular complexity index is 1350. The summed E-state index contributed by atoms with van der Waals surface area (Å²) in [4.78, 5) is 36.9. The summed E-state index contributed by atoms with van der Waals surface area (Å²) in [5.41, 5.74) is 1.32. The average molecular weight is 573 g/mol. The Labute approximate surface area is 218 Å². The van der Waals surface area contributed by atoms with Crippen molar-refractivity contribution in [2.24, 2.45) is 0 Å². The molecule has 0 saturated carbocycles. The van der Waals surface area contributed by atoms with E-state index >= 15 is 0 Å². The van der Waals surface area contributed by atoms with Crippen LogP contribution in [0.15, 0.2) is 76.1 Å². The van der Waals surface area contributed by atoms with Crippen molar-refractivity contribution in [3.8, 4) is 11.5 Å². The number of carbonyl (C=O) groups is 2. The van der Waals surface area contributed by atoms with Crippen LogP contribution in [0, 0.1) is 15.9 Å². The van der Waals surface area contributed by atoms with Gasteiger partial charge in [-0.1, -0.05) is 18.2 Å². The number of amides is 2. The zero-order chi connectivity index (χ0) is 25.7. The third-order valence-corrected chi connectivity index (χ3v) is 6.57. The number of halogens is 2. The molecule has 4 rings (SSSR count). The highest BCUT2D eigenvalue weighted by molar-refractivity contribution is 9.10. The van der Waals surface area contributed by atoms with Gasteiger partial charge in [-0.05, 0) is 81.3 Å². The third-order valence-electron chi connectivity index (χ3n) is 5.04. The molecule has 0 unspecified atom stereocenters. The standard InChI is InChI=1S/C25H18BrFN2O6S/c26-21-13-16(4-9-22(21)35-15-17-2-1-3-19(12-17)29(32)33)14-23-24(30)28(25(31)36-23)10-11-34-20-7-5-18(27)6-8-20/h1-9,12-14H,10-11,15H2/b23-14-. The Morgan fingerprint density at radius 1 is 1.06 bits per heavy atom. The third kappa shape index (κ3) is 6.29. The summed E-state index contributed by atoms with van der Waals surface area (Å²) in [6.45, 7) is 0.283. The van der Waals surface area contributed by atoms with Crippen LogP contribution in [-0.4, -0.2) is 34.1 Å². The first-order chi connectivity index (χ1) is 17.3. The van der Waals surface area contributed by atoms with Gasteiger partial charge in [0.15, 0.2) is 0 Å². The van der Waals surface area contributed by atoms with E-state index in [-0.39, 0.29) is 36.2 Å². The van der Waals surface area contributed by atoms with Gasteiger partial charge in [0.05, 0.1) is 20.8 Å². The van der Waals surface area contributed by atoms with E-state index in [2.05, 4.69) is 15.9 Å². The van der Waals surface area contributed by atoms with Crippen molar-refractivity contribution in [1.29, 1.82) is 0 Å². The highest BCUT2D eigenvalue weighted by Crippen LogP contribution is 2.34. The van der Waals surface area contributed by atoms with Gasteiger partial charge in [-0.15, -0.1) is 0 Å². The Hall–Kier alpha value is -3.70. The van der Waals surface area contributed by atoms with Crippen LogP contribution in [0.25, 0.3) is 6.08 Å². The fourth-order valence-corrected chi connectivity index (χ4v) is 4.65. The van der Waals surface area contributed by atoms with E-state index in [0.717, 1.165) is 16.7 Å². The highest BCUT2D eigenvalue weighted by atomic mass is 79.9. The maximum absolute atomic E-state index is 13.0. The molecule has 0 aromatic heterocycles. The predicted molar refractivity (Wildman–Crippen MR) is 136 cm³/mol. The second-order valence-electron chi connectivity index (χ2n) is 7.54. The van der Waals surface area contributed by atoms with Crippen molar-refractivity contribution in [1.82, 2.24) is 4.90 Å². The minimum atomic E-state index is -0.464. The molecule has 11 heteroatoms. The van der Waals surface area contributed by atoms with Gasteiger partial charge in [0.1, 0.15) is 30.5 Å². The van der Waals surface area contributed by atoms with Crippen LogP contribution in [0.4, 0.5) is 14.9 Å². The van der Waals surface area contributed by atoms with Gasteiger partial charge >= 0.3 is 0 Å². The van der Waals surface area contributed by atoms with Gasteiger partial charge in [-0.3, -0.25) is 24.6 Å². The van der Waals surface area contributed by atoms with Crippen LogP contribution >= 0.6 is 27.7 Å². The van der Waals surface area contributed by atoms with Crippen molar-refractivity contribution >= 4 is 50.6 Å². The van der Waals surface area contributed by atoms with E-state index in [0.29, 0.717) is 27.1 Å². The summed E-state index contributed by atoms with van der Waals surface area (Å²) in [5, 5.41) is 10.5.